The van der Waals surface area contributed by atoms with Crippen molar-refractivity contribution < 1.29 is 14.7 Å². The van der Waals surface area contributed by atoms with Gasteiger partial charge in [0, 0.05) is 19.4 Å². The highest BCUT2D eigenvalue weighted by molar-refractivity contribution is 5.75. The third kappa shape index (κ3) is 10.1. The molecule has 2 unspecified atom stereocenters. The first-order chi connectivity index (χ1) is 8.45. The van der Waals surface area contributed by atoms with Gasteiger partial charge in [-0.25, -0.2) is 0 Å². The first-order valence-electron chi connectivity index (χ1n) is 6.64. The summed E-state index contributed by atoms with van der Waals surface area (Å²) < 4.78 is 0. The number of nitrogens with two attached hydrogens (primary N) is 1. The van der Waals surface area contributed by atoms with Crippen LogP contribution in [0.1, 0.15) is 46.0 Å². The SMILES string of the molecule is CC(CCN)CCC(=O)NCC(C)CCC(=O)O. The predicted octanol–water partition coefficient (Wildman–Crippen LogP) is 1.37. The largest absolute Gasteiger partial charge is 0.481 e. The van der Waals surface area contributed by atoms with Crippen molar-refractivity contribution in [3.05, 3.63) is 0 Å². The number of carbonyl (C=O) groups excluding carboxylic acids is 1. The molecule has 18 heavy (non-hydrogen) atoms. The Balaban J connectivity index is 3.60. The molecule has 1 amide bonds. The number of nitrogens with one attached hydrogen (secondary N) is 1. The van der Waals surface area contributed by atoms with Gasteiger partial charge in [0.15, 0.2) is 0 Å². The molecule has 0 radical (unpaired) electrons. The molecule has 5 heteroatoms. The Labute approximate surface area is 109 Å². The monoisotopic (exact) mass is 258 g/mol. The summed E-state index contributed by atoms with van der Waals surface area (Å²) in [6, 6.07) is 0. The maximum absolute atomic E-state index is 11.5. The van der Waals surface area contributed by atoms with E-state index in [4.69, 9.17) is 10.8 Å². The smallest absolute Gasteiger partial charge is 0.303 e. The summed E-state index contributed by atoms with van der Waals surface area (Å²) in [5.41, 5.74) is 5.44. The molecule has 0 spiro atoms. The molecule has 0 saturated heterocycles. The van der Waals surface area contributed by atoms with Crippen LogP contribution < -0.4 is 11.1 Å². The van der Waals surface area contributed by atoms with Crippen LogP contribution in [0.3, 0.4) is 0 Å². The topological polar surface area (TPSA) is 92.4 Å². The van der Waals surface area contributed by atoms with Crippen LogP contribution in [0.5, 0.6) is 0 Å². The number of carboxylic acid groups (broad SMARTS) is 1. The van der Waals surface area contributed by atoms with E-state index >= 15 is 0 Å². The van der Waals surface area contributed by atoms with Crippen molar-refractivity contribution in [2.45, 2.75) is 46.0 Å². The minimum atomic E-state index is -0.788. The lowest BCUT2D eigenvalue weighted by atomic mass is 10.0. The Morgan fingerprint density at radius 1 is 1.11 bits per heavy atom. The molecular formula is C13H26N2O3. The van der Waals surface area contributed by atoms with Crippen molar-refractivity contribution >= 4 is 11.9 Å². The number of hydrogen-bond acceptors (Lipinski definition) is 3. The van der Waals surface area contributed by atoms with Gasteiger partial charge in [0.1, 0.15) is 0 Å². The standard InChI is InChI=1S/C13H26N2O3/c1-10(7-8-14)3-5-12(16)15-9-11(2)4-6-13(17)18/h10-11H,3-9,14H2,1-2H3,(H,15,16)(H,17,18). The number of hydrogen-bond donors (Lipinski definition) is 3. The van der Waals surface area contributed by atoms with Gasteiger partial charge in [-0.2, -0.15) is 0 Å². The molecule has 106 valence electrons. The molecule has 0 rings (SSSR count). The summed E-state index contributed by atoms with van der Waals surface area (Å²) in [6.45, 7) is 5.25. The fourth-order valence-electron chi connectivity index (χ4n) is 1.65. The summed E-state index contributed by atoms with van der Waals surface area (Å²) in [5, 5.41) is 11.4. The van der Waals surface area contributed by atoms with E-state index in [-0.39, 0.29) is 18.2 Å². The van der Waals surface area contributed by atoms with Gasteiger partial charge in [-0.1, -0.05) is 13.8 Å². The molecule has 0 aliphatic rings. The van der Waals surface area contributed by atoms with E-state index in [9.17, 15) is 9.59 Å². The minimum Gasteiger partial charge on any atom is -0.481 e. The Hall–Kier alpha value is -1.10. The van der Waals surface area contributed by atoms with Crippen LogP contribution in [0.15, 0.2) is 0 Å². The molecule has 0 aromatic carbocycles. The Kier molecular flexibility index (Phi) is 9.28. The van der Waals surface area contributed by atoms with Gasteiger partial charge in [-0.05, 0) is 37.6 Å². The maximum atomic E-state index is 11.5. The molecule has 0 fully saturated rings. The molecule has 0 aliphatic carbocycles. The van der Waals surface area contributed by atoms with E-state index < -0.39 is 5.97 Å². The van der Waals surface area contributed by atoms with Gasteiger partial charge in [0.25, 0.3) is 0 Å². The zero-order valence-electron chi connectivity index (χ0n) is 11.4. The van der Waals surface area contributed by atoms with E-state index in [0.717, 1.165) is 12.8 Å². The highest BCUT2D eigenvalue weighted by atomic mass is 16.4. The van der Waals surface area contributed by atoms with Crippen LogP contribution >= 0.6 is 0 Å². The summed E-state index contributed by atoms with van der Waals surface area (Å²) in [7, 11) is 0. The van der Waals surface area contributed by atoms with E-state index in [2.05, 4.69) is 12.2 Å². The average molecular weight is 258 g/mol. The Morgan fingerprint density at radius 3 is 2.28 bits per heavy atom. The van der Waals surface area contributed by atoms with Crippen LogP contribution in [-0.4, -0.2) is 30.1 Å². The van der Waals surface area contributed by atoms with Crippen LogP contribution in [-0.2, 0) is 9.59 Å². The van der Waals surface area contributed by atoms with Gasteiger partial charge in [0.2, 0.25) is 5.91 Å². The quantitative estimate of drug-likeness (QED) is 0.552. The van der Waals surface area contributed by atoms with Crippen molar-refractivity contribution in [3.8, 4) is 0 Å². The minimum absolute atomic E-state index is 0.0426. The molecular weight excluding hydrogens is 232 g/mol. The highest BCUT2D eigenvalue weighted by Gasteiger charge is 2.09. The number of carbonyl (C=O) groups is 2. The molecule has 2 atom stereocenters. The number of amides is 1. The van der Waals surface area contributed by atoms with Crippen molar-refractivity contribution in [1.29, 1.82) is 0 Å². The third-order valence-corrected chi connectivity index (χ3v) is 3.02. The molecule has 0 aliphatic heterocycles. The molecule has 0 aromatic rings. The number of carboxylic acids is 1. The van der Waals surface area contributed by atoms with Gasteiger partial charge in [0.05, 0.1) is 0 Å². The van der Waals surface area contributed by atoms with Crippen molar-refractivity contribution in [1.82, 2.24) is 5.32 Å². The van der Waals surface area contributed by atoms with E-state index in [0.29, 0.717) is 31.8 Å². The summed E-state index contributed by atoms with van der Waals surface area (Å²) >= 11 is 0. The molecule has 0 aromatic heterocycles. The Bertz CT molecular complexity index is 257. The fourth-order valence-corrected chi connectivity index (χ4v) is 1.65. The summed E-state index contributed by atoms with van der Waals surface area (Å²) in [6.07, 6.45) is 3.07. The number of aliphatic carboxylic acids is 1. The summed E-state index contributed by atoms with van der Waals surface area (Å²) in [5.74, 6) is -0.0680. The summed E-state index contributed by atoms with van der Waals surface area (Å²) in [4.78, 5) is 21.9. The molecule has 4 N–H and O–H groups in total. The lowest BCUT2D eigenvalue weighted by molar-refractivity contribution is -0.137. The van der Waals surface area contributed by atoms with Gasteiger partial charge in [-0.15, -0.1) is 0 Å². The third-order valence-electron chi connectivity index (χ3n) is 3.02. The van der Waals surface area contributed by atoms with E-state index in [1.807, 2.05) is 6.92 Å². The van der Waals surface area contributed by atoms with E-state index in [1.165, 1.54) is 0 Å². The second kappa shape index (κ2) is 9.88. The number of rotatable bonds is 10. The average Bonchev–Trinajstić information content (AvgIpc) is 2.31. The first-order valence-corrected chi connectivity index (χ1v) is 6.64. The van der Waals surface area contributed by atoms with Gasteiger partial charge < -0.3 is 16.2 Å². The first kappa shape index (κ1) is 16.9. The predicted molar refractivity (Wildman–Crippen MR) is 71.1 cm³/mol. The zero-order chi connectivity index (χ0) is 14.0. The normalized spacial score (nSPS) is 13.9. The maximum Gasteiger partial charge on any atom is 0.303 e. The van der Waals surface area contributed by atoms with Crippen molar-refractivity contribution in [2.75, 3.05) is 13.1 Å². The lowest BCUT2D eigenvalue weighted by Gasteiger charge is -2.13. The molecule has 0 saturated carbocycles. The second-order valence-electron chi connectivity index (χ2n) is 5.06. The zero-order valence-corrected chi connectivity index (χ0v) is 11.4. The Morgan fingerprint density at radius 2 is 1.72 bits per heavy atom. The van der Waals surface area contributed by atoms with Crippen LogP contribution in [0.2, 0.25) is 0 Å². The molecule has 5 nitrogen and oxygen atoms in total. The highest BCUT2D eigenvalue weighted by Crippen LogP contribution is 2.09. The van der Waals surface area contributed by atoms with Crippen LogP contribution in [0.4, 0.5) is 0 Å². The van der Waals surface area contributed by atoms with Crippen molar-refractivity contribution in [3.63, 3.8) is 0 Å². The fraction of sp³-hybridized carbons (Fsp3) is 0.846. The molecule has 0 heterocycles. The van der Waals surface area contributed by atoms with Gasteiger partial charge in [-0.3, -0.25) is 9.59 Å². The van der Waals surface area contributed by atoms with Crippen LogP contribution in [0.25, 0.3) is 0 Å². The van der Waals surface area contributed by atoms with Crippen molar-refractivity contribution in [2.24, 2.45) is 17.6 Å². The van der Waals surface area contributed by atoms with Gasteiger partial charge >= 0.3 is 5.97 Å². The lowest BCUT2D eigenvalue weighted by Crippen LogP contribution is -2.28. The van der Waals surface area contributed by atoms with E-state index in [1.54, 1.807) is 0 Å². The molecule has 0 bridgehead atoms. The van der Waals surface area contributed by atoms with Crippen LogP contribution in [0, 0.1) is 11.8 Å². The second-order valence-corrected chi connectivity index (χ2v) is 5.06.